The highest BCUT2D eigenvalue weighted by molar-refractivity contribution is 5.33. The number of halogens is 2. The lowest BCUT2D eigenvalue weighted by Gasteiger charge is -2.19. The third-order valence-electron chi connectivity index (χ3n) is 3.55. The van der Waals surface area contributed by atoms with Crippen molar-refractivity contribution >= 4 is 0 Å². The summed E-state index contributed by atoms with van der Waals surface area (Å²) < 4.78 is 28.1. The van der Waals surface area contributed by atoms with E-state index >= 15 is 0 Å². The Kier molecular flexibility index (Phi) is 4.47. The zero-order chi connectivity index (χ0) is 14.7. The van der Waals surface area contributed by atoms with Gasteiger partial charge in [0.1, 0.15) is 11.6 Å². The highest BCUT2D eigenvalue weighted by Gasteiger charge is 2.21. The largest absolute Gasteiger partial charge is 0.271 e. The molecular weight excluding hydrogens is 258 g/mol. The van der Waals surface area contributed by atoms with E-state index in [1.54, 1.807) is 6.92 Å². The second-order valence-electron chi connectivity index (χ2n) is 4.94. The molecule has 4 heteroatoms. The zero-order valence-corrected chi connectivity index (χ0v) is 11.6. The van der Waals surface area contributed by atoms with Crippen LogP contribution in [0.3, 0.4) is 0 Å². The summed E-state index contributed by atoms with van der Waals surface area (Å²) in [4.78, 5) is 0. The number of hydrogen-bond acceptors (Lipinski definition) is 2. The zero-order valence-electron chi connectivity index (χ0n) is 11.6. The van der Waals surface area contributed by atoms with E-state index in [-0.39, 0.29) is 5.56 Å². The molecule has 0 heterocycles. The van der Waals surface area contributed by atoms with Crippen LogP contribution in [0, 0.1) is 25.5 Å². The van der Waals surface area contributed by atoms with Crippen LogP contribution in [0.4, 0.5) is 8.78 Å². The van der Waals surface area contributed by atoms with Crippen LogP contribution in [0.5, 0.6) is 0 Å². The molecule has 0 saturated heterocycles. The van der Waals surface area contributed by atoms with E-state index in [1.807, 2.05) is 31.2 Å². The molecule has 0 fully saturated rings. The number of nitrogens with two attached hydrogens (primary N) is 1. The van der Waals surface area contributed by atoms with Crippen LogP contribution in [0.2, 0.25) is 0 Å². The van der Waals surface area contributed by atoms with Gasteiger partial charge in [-0.1, -0.05) is 30.3 Å². The van der Waals surface area contributed by atoms with Gasteiger partial charge in [-0.15, -0.1) is 0 Å². The van der Waals surface area contributed by atoms with Gasteiger partial charge in [0.25, 0.3) is 0 Å². The van der Waals surface area contributed by atoms with E-state index in [2.05, 4.69) is 5.43 Å². The second kappa shape index (κ2) is 6.11. The molecule has 3 N–H and O–H groups in total. The fourth-order valence-electron chi connectivity index (χ4n) is 2.30. The van der Waals surface area contributed by atoms with Crippen molar-refractivity contribution in [2.45, 2.75) is 26.3 Å². The van der Waals surface area contributed by atoms with Crippen LogP contribution in [0.25, 0.3) is 0 Å². The highest BCUT2D eigenvalue weighted by atomic mass is 19.1. The van der Waals surface area contributed by atoms with Crippen molar-refractivity contribution in [2.24, 2.45) is 5.84 Å². The molecule has 0 bridgehead atoms. The maximum atomic E-state index is 14.2. The molecule has 1 atom stereocenters. The van der Waals surface area contributed by atoms with Gasteiger partial charge in [-0.25, -0.2) is 8.78 Å². The Morgan fingerprint density at radius 2 is 1.75 bits per heavy atom. The monoisotopic (exact) mass is 276 g/mol. The highest BCUT2D eigenvalue weighted by Crippen LogP contribution is 2.26. The number of nitrogens with one attached hydrogen (secondary N) is 1. The first-order valence-electron chi connectivity index (χ1n) is 6.49. The van der Waals surface area contributed by atoms with Gasteiger partial charge in [0.2, 0.25) is 0 Å². The van der Waals surface area contributed by atoms with Crippen molar-refractivity contribution in [1.29, 1.82) is 0 Å². The van der Waals surface area contributed by atoms with E-state index < -0.39 is 17.7 Å². The SMILES string of the molecule is Cc1ccccc1CC(NN)c1c(F)ccc(C)c1F. The van der Waals surface area contributed by atoms with Gasteiger partial charge in [0, 0.05) is 5.56 Å². The number of aryl methyl sites for hydroxylation is 2. The van der Waals surface area contributed by atoms with Gasteiger partial charge in [-0.3, -0.25) is 11.3 Å². The maximum absolute atomic E-state index is 14.2. The Balaban J connectivity index is 2.39. The average molecular weight is 276 g/mol. The minimum absolute atomic E-state index is 0.00393. The van der Waals surface area contributed by atoms with E-state index in [9.17, 15) is 8.78 Å². The minimum Gasteiger partial charge on any atom is -0.271 e. The molecule has 2 nitrogen and oxygen atoms in total. The Labute approximate surface area is 117 Å². The van der Waals surface area contributed by atoms with Crippen LogP contribution in [-0.2, 0) is 6.42 Å². The number of hydrazine groups is 1. The topological polar surface area (TPSA) is 38.0 Å². The molecule has 0 saturated carbocycles. The lowest BCUT2D eigenvalue weighted by atomic mass is 9.94. The van der Waals surface area contributed by atoms with Crippen molar-refractivity contribution in [2.75, 3.05) is 0 Å². The van der Waals surface area contributed by atoms with E-state index in [0.717, 1.165) is 11.1 Å². The van der Waals surface area contributed by atoms with Crippen LogP contribution in [0.15, 0.2) is 36.4 Å². The molecule has 2 aromatic rings. The Hall–Kier alpha value is -1.78. The summed E-state index contributed by atoms with van der Waals surface area (Å²) in [7, 11) is 0. The van der Waals surface area contributed by atoms with Gasteiger partial charge in [0.15, 0.2) is 0 Å². The predicted molar refractivity (Wildman–Crippen MR) is 76.0 cm³/mol. The molecule has 0 aromatic heterocycles. The summed E-state index contributed by atoms with van der Waals surface area (Å²) in [6.07, 6.45) is 0.431. The molecule has 106 valence electrons. The fraction of sp³-hybridized carbons (Fsp3) is 0.250. The third kappa shape index (κ3) is 2.86. The summed E-state index contributed by atoms with van der Waals surface area (Å²) in [6, 6.07) is 9.83. The number of hydrogen-bond donors (Lipinski definition) is 2. The Morgan fingerprint density at radius 3 is 2.40 bits per heavy atom. The first-order chi connectivity index (χ1) is 9.54. The van der Waals surface area contributed by atoms with Gasteiger partial charge in [0.05, 0.1) is 6.04 Å². The summed E-state index contributed by atoms with van der Waals surface area (Å²) in [5.41, 5.74) is 5.01. The first kappa shape index (κ1) is 14.6. The van der Waals surface area contributed by atoms with Gasteiger partial charge < -0.3 is 0 Å². The third-order valence-corrected chi connectivity index (χ3v) is 3.55. The average Bonchev–Trinajstić information content (AvgIpc) is 2.44. The summed E-state index contributed by atoms with van der Waals surface area (Å²) in [5.74, 6) is 4.39. The van der Waals surface area contributed by atoms with Crippen LogP contribution in [0.1, 0.15) is 28.3 Å². The molecular formula is C16H18F2N2. The smallest absolute Gasteiger partial charge is 0.133 e. The molecule has 0 aliphatic carbocycles. The molecule has 2 aromatic carbocycles. The molecule has 0 radical (unpaired) electrons. The van der Waals surface area contributed by atoms with Crippen LogP contribution < -0.4 is 11.3 Å². The van der Waals surface area contributed by atoms with Gasteiger partial charge >= 0.3 is 0 Å². The number of rotatable bonds is 4. The molecule has 0 aliphatic heterocycles. The maximum Gasteiger partial charge on any atom is 0.133 e. The fourth-order valence-corrected chi connectivity index (χ4v) is 2.30. The Morgan fingerprint density at radius 1 is 1.05 bits per heavy atom. The molecule has 20 heavy (non-hydrogen) atoms. The summed E-state index contributed by atoms with van der Waals surface area (Å²) >= 11 is 0. The van der Waals surface area contributed by atoms with E-state index in [1.165, 1.54) is 12.1 Å². The second-order valence-corrected chi connectivity index (χ2v) is 4.94. The number of benzene rings is 2. The quantitative estimate of drug-likeness (QED) is 0.664. The molecule has 0 amide bonds. The molecule has 0 spiro atoms. The predicted octanol–water partition coefficient (Wildman–Crippen LogP) is 3.33. The first-order valence-corrected chi connectivity index (χ1v) is 6.49. The van der Waals surface area contributed by atoms with Gasteiger partial charge in [-0.2, -0.15) is 0 Å². The van der Waals surface area contributed by atoms with Crippen LogP contribution in [-0.4, -0.2) is 0 Å². The van der Waals surface area contributed by atoms with Crippen molar-refractivity contribution in [3.63, 3.8) is 0 Å². The summed E-state index contributed by atoms with van der Waals surface area (Å²) in [6.45, 7) is 3.57. The van der Waals surface area contributed by atoms with Crippen LogP contribution >= 0.6 is 0 Å². The molecule has 2 rings (SSSR count). The normalized spacial score (nSPS) is 12.4. The van der Waals surface area contributed by atoms with Crippen molar-refractivity contribution < 1.29 is 8.78 Å². The Bertz CT molecular complexity index is 611. The van der Waals surface area contributed by atoms with Gasteiger partial charge in [-0.05, 0) is 43.0 Å². The van der Waals surface area contributed by atoms with E-state index in [4.69, 9.17) is 5.84 Å². The lowest BCUT2D eigenvalue weighted by Crippen LogP contribution is -2.31. The van der Waals surface area contributed by atoms with E-state index in [0.29, 0.717) is 12.0 Å². The lowest BCUT2D eigenvalue weighted by molar-refractivity contribution is 0.469. The standard InChI is InChI=1S/C16H18F2N2/c1-10-5-3-4-6-12(10)9-14(20-19)15-13(17)8-7-11(2)16(15)18/h3-8,14,20H,9,19H2,1-2H3. The van der Waals surface area contributed by atoms with Crippen molar-refractivity contribution in [3.05, 3.63) is 70.3 Å². The molecule has 0 aliphatic rings. The van der Waals surface area contributed by atoms with Crippen molar-refractivity contribution in [1.82, 2.24) is 5.43 Å². The van der Waals surface area contributed by atoms with Crippen molar-refractivity contribution in [3.8, 4) is 0 Å². The molecule has 1 unspecified atom stereocenters. The summed E-state index contributed by atoms with van der Waals surface area (Å²) in [5, 5.41) is 0. The minimum atomic E-state index is -0.601.